The van der Waals surface area contributed by atoms with Gasteiger partial charge in [0.05, 0.1) is 6.20 Å². The van der Waals surface area contributed by atoms with Gasteiger partial charge in [0.25, 0.3) is 0 Å². The van der Waals surface area contributed by atoms with Gasteiger partial charge in [0.2, 0.25) is 5.91 Å². The number of fused-ring (bicyclic) bond motifs is 1. The molecule has 2 aliphatic rings. The Labute approximate surface area is 149 Å². The molecule has 0 bridgehead atoms. The van der Waals surface area contributed by atoms with E-state index in [0.717, 1.165) is 30.2 Å². The third-order valence-electron chi connectivity index (χ3n) is 5.73. The Kier molecular flexibility index (Phi) is 4.86. The lowest BCUT2D eigenvalue weighted by Crippen LogP contribution is -2.49. The Morgan fingerprint density at radius 2 is 1.92 bits per heavy atom. The number of likely N-dealkylation sites (tertiary alicyclic amines) is 1. The van der Waals surface area contributed by atoms with Gasteiger partial charge in [-0.05, 0) is 31.6 Å². The molecule has 2 aromatic rings. The van der Waals surface area contributed by atoms with Gasteiger partial charge in [-0.2, -0.15) is 0 Å². The van der Waals surface area contributed by atoms with Gasteiger partial charge in [0, 0.05) is 31.0 Å². The predicted molar refractivity (Wildman–Crippen MR) is 97.0 cm³/mol. The van der Waals surface area contributed by atoms with Crippen LogP contribution in [0.3, 0.4) is 0 Å². The highest BCUT2D eigenvalue weighted by Crippen LogP contribution is 2.35. The van der Waals surface area contributed by atoms with Crippen LogP contribution in [-0.4, -0.2) is 28.4 Å². The number of hydrogen-bond acceptors (Lipinski definition) is 3. The summed E-state index contributed by atoms with van der Waals surface area (Å²) < 4.78 is 5.83. The summed E-state index contributed by atoms with van der Waals surface area (Å²) >= 11 is 0. The molecule has 1 aromatic heterocycles. The van der Waals surface area contributed by atoms with Crippen LogP contribution in [0.1, 0.15) is 50.8 Å². The van der Waals surface area contributed by atoms with E-state index in [1.807, 2.05) is 30.3 Å². The molecular formula is C21H26N2O2. The summed E-state index contributed by atoms with van der Waals surface area (Å²) in [6.45, 7) is 0.931. The lowest BCUT2D eigenvalue weighted by Gasteiger charge is -2.44. The van der Waals surface area contributed by atoms with Crippen LogP contribution in [0.5, 0.6) is 0 Å². The van der Waals surface area contributed by atoms with Gasteiger partial charge in [0.15, 0.2) is 11.7 Å². The van der Waals surface area contributed by atoms with Crippen LogP contribution in [0.25, 0.3) is 11.3 Å². The van der Waals surface area contributed by atoms with E-state index in [1.165, 1.54) is 32.1 Å². The van der Waals surface area contributed by atoms with Crippen LogP contribution in [0, 0.1) is 5.92 Å². The molecule has 2 unspecified atom stereocenters. The first kappa shape index (κ1) is 16.4. The summed E-state index contributed by atoms with van der Waals surface area (Å²) in [6.07, 6.45) is 10.4. The first-order valence-electron chi connectivity index (χ1n) is 9.61. The number of oxazole rings is 1. The molecule has 2 heterocycles. The van der Waals surface area contributed by atoms with Crippen molar-refractivity contribution in [3.63, 3.8) is 0 Å². The molecule has 0 spiro atoms. The Balaban J connectivity index is 1.36. The van der Waals surface area contributed by atoms with Crippen LogP contribution in [0.2, 0.25) is 0 Å². The SMILES string of the molecule is O=C(CCc1ncc(-c2ccccc2)o1)N1CCCC2CCCCC21. The van der Waals surface area contributed by atoms with Crippen molar-refractivity contribution in [2.75, 3.05) is 6.54 Å². The fourth-order valence-corrected chi connectivity index (χ4v) is 4.45. The highest BCUT2D eigenvalue weighted by Gasteiger charge is 2.35. The van der Waals surface area contributed by atoms with Crippen LogP contribution in [0.15, 0.2) is 40.9 Å². The number of carbonyl (C=O) groups excluding carboxylic acids is 1. The summed E-state index contributed by atoms with van der Waals surface area (Å²) in [5, 5.41) is 0. The van der Waals surface area contributed by atoms with Crippen molar-refractivity contribution >= 4 is 5.91 Å². The number of amides is 1. The summed E-state index contributed by atoms with van der Waals surface area (Å²) in [5.74, 6) is 2.44. The van der Waals surface area contributed by atoms with Crippen LogP contribution in [0.4, 0.5) is 0 Å². The molecule has 2 fully saturated rings. The van der Waals surface area contributed by atoms with Crippen molar-refractivity contribution < 1.29 is 9.21 Å². The molecule has 4 nitrogen and oxygen atoms in total. The zero-order valence-electron chi connectivity index (χ0n) is 14.7. The molecule has 1 saturated carbocycles. The number of nitrogens with zero attached hydrogens (tertiary/aromatic N) is 2. The van der Waals surface area contributed by atoms with Gasteiger partial charge in [-0.15, -0.1) is 0 Å². The van der Waals surface area contributed by atoms with E-state index in [9.17, 15) is 4.79 Å². The van der Waals surface area contributed by atoms with E-state index >= 15 is 0 Å². The molecule has 0 radical (unpaired) electrons. The summed E-state index contributed by atoms with van der Waals surface area (Å²) in [7, 11) is 0. The van der Waals surface area contributed by atoms with Crippen LogP contribution >= 0.6 is 0 Å². The van der Waals surface area contributed by atoms with Gasteiger partial charge in [0.1, 0.15) is 0 Å². The van der Waals surface area contributed by atoms with Crippen LogP contribution in [-0.2, 0) is 11.2 Å². The zero-order chi connectivity index (χ0) is 17.1. The topological polar surface area (TPSA) is 46.3 Å². The third kappa shape index (κ3) is 3.63. The molecule has 1 aliphatic heterocycles. The van der Waals surface area contributed by atoms with E-state index in [1.54, 1.807) is 6.20 Å². The van der Waals surface area contributed by atoms with Crippen LogP contribution < -0.4 is 0 Å². The number of carbonyl (C=O) groups is 1. The number of aryl methyl sites for hydroxylation is 1. The number of benzene rings is 1. The first-order chi connectivity index (χ1) is 12.3. The molecule has 0 N–H and O–H groups in total. The minimum Gasteiger partial charge on any atom is -0.441 e. The molecular weight excluding hydrogens is 312 g/mol. The number of piperidine rings is 1. The lowest BCUT2D eigenvalue weighted by atomic mass is 9.78. The molecule has 1 amide bonds. The Morgan fingerprint density at radius 3 is 2.80 bits per heavy atom. The summed E-state index contributed by atoms with van der Waals surface area (Å²) in [4.78, 5) is 19.3. The largest absolute Gasteiger partial charge is 0.441 e. The van der Waals surface area contributed by atoms with E-state index in [2.05, 4.69) is 9.88 Å². The first-order valence-corrected chi connectivity index (χ1v) is 9.61. The number of aromatic nitrogens is 1. The molecule has 1 saturated heterocycles. The van der Waals surface area contributed by atoms with Crippen molar-refractivity contribution in [1.82, 2.24) is 9.88 Å². The van der Waals surface area contributed by atoms with Gasteiger partial charge in [-0.3, -0.25) is 4.79 Å². The molecule has 2 atom stereocenters. The summed E-state index contributed by atoms with van der Waals surface area (Å²) in [6, 6.07) is 10.4. The van der Waals surface area contributed by atoms with Gasteiger partial charge in [-0.1, -0.05) is 43.2 Å². The second kappa shape index (κ2) is 7.42. The maximum absolute atomic E-state index is 12.8. The average Bonchev–Trinajstić information content (AvgIpc) is 3.15. The van der Waals surface area contributed by atoms with Crippen molar-refractivity contribution in [2.24, 2.45) is 5.92 Å². The van der Waals surface area contributed by atoms with E-state index < -0.39 is 0 Å². The molecule has 1 aliphatic carbocycles. The second-order valence-electron chi connectivity index (χ2n) is 7.33. The van der Waals surface area contributed by atoms with Gasteiger partial charge < -0.3 is 9.32 Å². The third-order valence-corrected chi connectivity index (χ3v) is 5.73. The van der Waals surface area contributed by atoms with E-state index in [0.29, 0.717) is 24.8 Å². The highest BCUT2D eigenvalue weighted by atomic mass is 16.4. The molecule has 132 valence electrons. The second-order valence-corrected chi connectivity index (χ2v) is 7.33. The number of hydrogen-bond donors (Lipinski definition) is 0. The van der Waals surface area contributed by atoms with Crippen molar-refractivity contribution in [3.05, 3.63) is 42.4 Å². The standard InChI is InChI=1S/C21H26N2O2/c24-21(23-14-6-10-16-7-4-5-11-18(16)23)13-12-20-22-15-19(25-20)17-8-2-1-3-9-17/h1-3,8-9,15-16,18H,4-7,10-14H2. The van der Waals surface area contributed by atoms with Crippen molar-refractivity contribution in [1.29, 1.82) is 0 Å². The van der Waals surface area contributed by atoms with Gasteiger partial charge >= 0.3 is 0 Å². The summed E-state index contributed by atoms with van der Waals surface area (Å²) in [5.41, 5.74) is 1.02. The Bertz CT molecular complexity index is 708. The quantitative estimate of drug-likeness (QED) is 0.827. The van der Waals surface area contributed by atoms with Crippen molar-refractivity contribution in [3.8, 4) is 11.3 Å². The lowest BCUT2D eigenvalue weighted by molar-refractivity contribution is -0.137. The Hall–Kier alpha value is -2.10. The average molecular weight is 338 g/mol. The van der Waals surface area contributed by atoms with E-state index in [-0.39, 0.29) is 5.91 Å². The maximum Gasteiger partial charge on any atom is 0.223 e. The van der Waals surface area contributed by atoms with E-state index in [4.69, 9.17) is 4.42 Å². The minimum atomic E-state index is 0.274. The Morgan fingerprint density at radius 1 is 1.12 bits per heavy atom. The van der Waals surface area contributed by atoms with Gasteiger partial charge in [-0.25, -0.2) is 4.98 Å². The molecule has 4 heteroatoms. The monoisotopic (exact) mass is 338 g/mol. The smallest absolute Gasteiger partial charge is 0.223 e. The fraction of sp³-hybridized carbons (Fsp3) is 0.524. The number of rotatable bonds is 4. The normalized spacial score (nSPS) is 23.3. The molecule has 1 aromatic carbocycles. The fourth-order valence-electron chi connectivity index (χ4n) is 4.45. The minimum absolute atomic E-state index is 0.274. The highest BCUT2D eigenvalue weighted by molar-refractivity contribution is 5.77. The maximum atomic E-state index is 12.8. The predicted octanol–water partition coefficient (Wildman–Crippen LogP) is 4.46. The molecule has 4 rings (SSSR count). The zero-order valence-corrected chi connectivity index (χ0v) is 14.7. The molecule has 25 heavy (non-hydrogen) atoms. The van der Waals surface area contributed by atoms with Crippen molar-refractivity contribution in [2.45, 2.75) is 57.4 Å².